The summed E-state index contributed by atoms with van der Waals surface area (Å²) < 4.78 is 0. The Labute approximate surface area is 129 Å². The van der Waals surface area contributed by atoms with Crippen LogP contribution in [-0.4, -0.2) is 15.3 Å². The third-order valence-corrected chi connectivity index (χ3v) is 4.40. The normalized spacial score (nSPS) is 11.0. The second-order valence-electron chi connectivity index (χ2n) is 5.63. The number of benzene rings is 3. The minimum absolute atomic E-state index is 0.0831. The SMILES string of the molecule is Cc1c(C)c(O)c(-c2c(O)ccc3ccccc23)c(C)c1O. The van der Waals surface area contributed by atoms with Gasteiger partial charge in [0.15, 0.2) is 0 Å². The Morgan fingerprint density at radius 2 is 1.27 bits per heavy atom. The molecule has 0 aliphatic rings. The molecule has 0 atom stereocenters. The van der Waals surface area contributed by atoms with Crippen LogP contribution in [-0.2, 0) is 0 Å². The van der Waals surface area contributed by atoms with E-state index in [2.05, 4.69) is 0 Å². The second kappa shape index (κ2) is 4.95. The Balaban J connectivity index is 2.51. The summed E-state index contributed by atoms with van der Waals surface area (Å²) >= 11 is 0. The number of aromatic hydroxyl groups is 3. The molecule has 3 N–H and O–H groups in total. The highest BCUT2D eigenvalue weighted by Crippen LogP contribution is 2.47. The molecule has 3 rings (SSSR count). The Morgan fingerprint density at radius 1 is 0.636 bits per heavy atom. The molecule has 0 heterocycles. The summed E-state index contributed by atoms with van der Waals surface area (Å²) in [6.45, 7) is 5.28. The first-order valence-electron chi connectivity index (χ1n) is 7.16. The maximum atomic E-state index is 10.6. The summed E-state index contributed by atoms with van der Waals surface area (Å²) in [5.74, 6) is 0.330. The number of hydrogen-bond acceptors (Lipinski definition) is 3. The van der Waals surface area contributed by atoms with Gasteiger partial charge in [0, 0.05) is 16.7 Å². The van der Waals surface area contributed by atoms with E-state index in [4.69, 9.17) is 0 Å². The molecule has 3 aromatic rings. The van der Waals surface area contributed by atoms with Gasteiger partial charge in [0.2, 0.25) is 0 Å². The lowest BCUT2D eigenvalue weighted by Gasteiger charge is -2.18. The van der Waals surface area contributed by atoms with Gasteiger partial charge in [-0.1, -0.05) is 30.3 Å². The molecule has 3 nitrogen and oxygen atoms in total. The largest absolute Gasteiger partial charge is 0.507 e. The third-order valence-electron chi connectivity index (χ3n) is 4.40. The number of rotatable bonds is 1. The Kier molecular flexibility index (Phi) is 3.21. The number of phenols is 3. The molecule has 0 radical (unpaired) electrons. The average molecular weight is 294 g/mol. The topological polar surface area (TPSA) is 60.7 Å². The van der Waals surface area contributed by atoms with Gasteiger partial charge in [0.1, 0.15) is 17.2 Å². The molecule has 3 aromatic carbocycles. The standard InChI is InChI=1S/C19H18O3/c1-10-11(2)19(22)16(12(3)18(10)21)17-14-7-5-4-6-13(14)8-9-15(17)20/h4-9,20-22H,1-3H3. The summed E-state index contributed by atoms with van der Waals surface area (Å²) in [6.07, 6.45) is 0. The first-order valence-corrected chi connectivity index (χ1v) is 7.16. The lowest BCUT2D eigenvalue weighted by Crippen LogP contribution is -1.94. The number of fused-ring (bicyclic) bond motifs is 1. The van der Waals surface area contributed by atoms with Gasteiger partial charge in [-0.2, -0.15) is 0 Å². The van der Waals surface area contributed by atoms with Gasteiger partial charge in [-0.25, -0.2) is 0 Å². The maximum absolute atomic E-state index is 10.6. The molecule has 0 bridgehead atoms. The fraction of sp³-hybridized carbons (Fsp3) is 0.158. The third kappa shape index (κ3) is 1.90. The zero-order chi connectivity index (χ0) is 16.0. The summed E-state index contributed by atoms with van der Waals surface area (Å²) in [5.41, 5.74) is 2.86. The van der Waals surface area contributed by atoms with Gasteiger partial charge in [-0.05, 0) is 48.7 Å². The minimum atomic E-state index is 0.0831. The molecule has 3 heteroatoms. The lowest BCUT2D eigenvalue weighted by molar-refractivity contribution is 0.450. The second-order valence-corrected chi connectivity index (χ2v) is 5.63. The Morgan fingerprint density at radius 3 is 2.00 bits per heavy atom. The van der Waals surface area contributed by atoms with Crippen LogP contribution in [0.25, 0.3) is 21.9 Å². The number of phenolic OH excluding ortho intramolecular Hbond substituents is 3. The van der Waals surface area contributed by atoms with Crippen LogP contribution in [0.5, 0.6) is 17.2 Å². The van der Waals surface area contributed by atoms with Gasteiger partial charge >= 0.3 is 0 Å². The van der Waals surface area contributed by atoms with Crippen molar-refractivity contribution in [3.05, 3.63) is 53.1 Å². The molecule has 112 valence electrons. The first-order chi connectivity index (χ1) is 10.4. The maximum Gasteiger partial charge on any atom is 0.127 e. The van der Waals surface area contributed by atoms with E-state index in [1.807, 2.05) is 30.3 Å². The van der Waals surface area contributed by atoms with Gasteiger partial charge in [-0.15, -0.1) is 0 Å². The van der Waals surface area contributed by atoms with E-state index in [9.17, 15) is 15.3 Å². The van der Waals surface area contributed by atoms with E-state index in [-0.39, 0.29) is 17.2 Å². The molecule has 0 fully saturated rings. The van der Waals surface area contributed by atoms with Crippen molar-refractivity contribution in [1.29, 1.82) is 0 Å². The summed E-state index contributed by atoms with van der Waals surface area (Å²) in [4.78, 5) is 0. The van der Waals surface area contributed by atoms with Crippen LogP contribution in [0.15, 0.2) is 36.4 Å². The predicted molar refractivity (Wildman–Crippen MR) is 88.6 cm³/mol. The summed E-state index contributed by atoms with van der Waals surface area (Å²) in [7, 11) is 0. The molecule has 22 heavy (non-hydrogen) atoms. The smallest absolute Gasteiger partial charge is 0.127 e. The highest BCUT2D eigenvalue weighted by molar-refractivity contribution is 6.02. The van der Waals surface area contributed by atoms with Crippen LogP contribution in [0.2, 0.25) is 0 Å². The molecule has 0 aliphatic heterocycles. The fourth-order valence-electron chi connectivity index (χ4n) is 2.95. The van der Waals surface area contributed by atoms with Crippen molar-refractivity contribution in [3.8, 4) is 28.4 Å². The van der Waals surface area contributed by atoms with Crippen molar-refractivity contribution in [1.82, 2.24) is 0 Å². The molecular formula is C19H18O3. The summed E-state index contributed by atoms with van der Waals surface area (Å²) in [6, 6.07) is 11.1. The fourth-order valence-corrected chi connectivity index (χ4v) is 2.95. The molecule has 0 aromatic heterocycles. The van der Waals surface area contributed by atoms with Crippen molar-refractivity contribution < 1.29 is 15.3 Å². The van der Waals surface area contributed by atoms with Gasteiger partial charge in [0.05, 0.1) is 0 Å². The van der Waals surface area contributed by atoms with Crippen LogP contribution >= 0.6 is 0 Å². The van der Waals surface area contributed by atoms with E-state index in [1.165, 1.54) is 0 Å². The van der Waals surface area contributed by atoms with Gasteiger partial charge in [0.25, 0.3) is 0 Å². The lowest BCUT2D eigenvalue weighted by atomic mass is 9.89. The van der Waals surface area contributed by atoms with Crippen molar-refractivity contribution in [2.24, 2.45) is 0 Å². The molecule has 0 saturated carbocycles. The van der Waals surface area contributed by atoms with Crippen LogP contribution in [0.1, 0.15) is 16.7 Å². The number of hydrogen-bond donors (Lipinski definition) is 3. The Hall–Kier alpha value is -2.68. The van der Waals surface area contributed by atoms with E-state index in [0.29, 0.717) is 27.8 Å². The highest BCUT2D eigenvalue weighted by atomic mass is 16.3. The minimum Gasteiger partial charge on any atom is -0.507 e. The van der Waals surface area contributed by atoms with E-state index in [0.717, 1.165) is 10.8 Å². The first kappa shape index (κ1) is 14.3. The van der Waals surface area contributed by atoms with Crippen molar-refractivity contribution in [2.75, 3.05) is 0 Å². The molecule has 0 spiro atoms. The molecule has 0 unspecified atom stereocenters. The predicted octanol–water partition coefficient (Wildman–Crippen LogP) is 4.55. The quantitative estimate of drug-likeness (QED) is 0.577. The average Bonchev–Trinajstić information content (AvgIpc) is 2.53. The molecule has 0 amide bonds. The van der Waals surface area contributed by atoms with Crippen LogP contribution in [0.4, 0.5) is 0 Å². The van der Waals surface area contributed by atoms with E-state index >= 15 is 0 Å². The van der Waals surface area contributed by atoms with Crippen molar-refractivity contribution >= 4 is 10.8 Å². The molecule has 0 aliphatic carbocycles. The van der Waals surface area contributed by atoms with Crippen LogP contribution in [0.3, 0.4) is 0 Å². The zero-order valence-electron chi connectivity index (χ0n) is 12.8. The summed E-state index contributed by atoms with van der Waals surface area (Å²) in [5, 5.41) is 33.1. The van der Waals surface area contributed by atoms with E-state index in [1.54, 1.807) is 26.8 Å². The molecule has 0 saturated heterocycles. The molecular weight excluding hydrogens is 276 g/mol. The van der Waals surface area contributed by atoms with E-state index < -0.39 is 0 Å². The van der Waals surface area contributed by atoms with Crippen LogP contribution in [0, 0.1) is 20.8 Å². The van der Waals surface area contributed by atoms with Crippen LogP contribution < -0.4 is 0 Å². The highest BCUT2D eigenvalue weighted by Gasteiger charge is 2.21. The van der Waals surface area contributed by atoms with Crippen molar-refractivity contribution in [3.63, 3.8) is 0 Å². The zero-order valence-corrected chi connectivity index (χ0v) is 12.8. The van der Waals surface area contributed by atoms with Gasteiger partial charge < -0.3 is 15.3 Å². The van der Waals surface area contributed by atoms with Gasteiger partial charge in [-0.3, -0.25) is 0 Å². The Bertz CT molecular complexity index is 866. The van der Waals surface area contributed by atoms with Crippen molar-refractivity contribution in [2.45, 2.75) is 20.8 Å². The monoisotopic (exact) mass is 294 g/mol.